The third kappa shape index (κ3) is 6.93. The molecule has 2 rings (SSSR count). The second kappa shape index (κ2) is 11.8. The molecule has 172 valence electrons. The summed E-state index contributed by atoms with van der Waals surface area (Å²) >= 11 is 14.7. The predicted molar refractivity (Wildman–Crippen MR) is 143 cm³/mol. The van der Waals surface area contributed by atoms with Crippen LogP contribution in [0.1, 0.15) is 38.8 Å². The van der Waals surface area contributed by atoms with Gasteiger partial charge in [-0.25, -0.2) is 0 Å². The van der Waals surface area contributed by atoms with Crippen LogP contribution in [0.4, 0.5) is 0 Å². The molecule has 0 saturated heterocycles. The summed E-state index contributed by atoms with van der Waals surface area (Å²) in [6.45, 7) is 10.9. The van der Waals surface area contributed by atoms with Crippen LogP contribution < -0.4 is 20.9 Å². The maximum absolute atomic E-state index is 5.99. The molecule has 2 aromatic carbocycles. The number of nitrogens with two attached hydrogens (primary N) is 2. The predicted octanol–water partition coefficient (Wildman–Crippen LogP) is 7.01. The Bertz CT molecular complexity index is 788. The second-order valence-electron chi connectivity index (χ2n) is 8.47. The average molecular weight is 686 g/mol. The molecule has 0 heterocycles. The smallest absolute Gasteiger partial charge is 0.147 e. The van der Waals surface area contributed by atoms with Crippen molar-refractivity contribution >= 4 is 63.7 Å². The summed E-state index contributed by atoms with van der Waals surface area (Å²) in [5, 5.41) is 0. The van der Waals surface area contributed by atoms with Gasteiger partial charge in [0, 0.05) is 17.3 Å². The molecular formula is C23H30Br4N2O2. The Kier molecular flexibility index (Phi) is 10.4. The molecule has 0 aromatic heterocycles. The van der Waals surface area contributed by atoms with Crippen molar-refractivity contribution in [1.82, 2.24) is 0 Å². The van der Waals surface area contributed by atoms with Gasteiger partial charge < -0.3 is 20.9 Å². The van der Waals surface area contributed by atoms with E-state index in [9.17, 15) is 0 Å². The van der Waals surface area contributed by atoms with Crippen LogP contribution in [0.3, 0.4) is 0 Å². The molecule has 2 atom stereocenters. The Hall–Kier alpha value is -0.120. The van der Waals surface area contributed by atoms with E-state index in [1.165, 1.54) is 0 Å². The summed E-state index contributed by atoms with van der Waals surface area (Å²) in [5.74, 6) is 2.16. The van der Waals surface area contributed by atoms with Crippen molar-refractivity contribution in [2.45, 2.75) is 33.1 Å². The van der Waals surface area contributed by atoms with E-state index in [1.807, 2.05) is 0 Å². The van der Waals surface area contributed by atoms with Crippen LogP contribution in [0.2, 0.25) is 0 Å². The van der Waals surface area contributed by atoms with Crippen molar-refractivity contribution in [3.63, 3.8) is 0 Å². The van der Waals surface area contributed by atoms with Crippen LogP contribution in [0, 0.1) is 11.8 Å². The lowest BCUT2D eigenvalue weighted by Crippen LogP contribution is -2.21. The zero-order valence-electron chi connectivity index (χ0n) is 18.3. The molecule has 0 bridgehead atoms. The fourth-order valence-electron chi connectivity index (χ4n) is 2.87. The molecule has 0 aliphatic rings. The van der Waals surface area contributed by atoms with Crippen molar-refractivity contribution in [1.29, 1.82) is 0 Å². The van der Waals surface area contributed by atoms with Gasteiger partial charge >= 0.3 is 0 Å². The summed E-state index contributed by atoms with van der Waals surface area (Å²) in [7, 11) is 0. The number of hydrogen-bond acceptors (Lipinski definition) is 4. The van der Waals surface area contributed by atoms with Gasteiger partial charge in [0.25, 0.3) is 0 Å². The topological polar surface area (TPSA) is 70.5 Å². The molecular weight excluding hydrogens is 656 g/mol. The maximum Gasteiger partial charge on any atom is 0.147 e. The fraction of sp³-hybridized carbons (Fsp3) is 0.478. The zero-order valence-corrected chi connectivity index (χ0v) is 24.6. The van der Waals surface area contributed by atoms with Crippen LogP contribution in [-0.4, -0.2) is 26.3 Å². The summed E-state index contributed by atoms with van der Waals surface area (Å²) < 4.78 is 15.6. The Balaban J connectivity index is 2.34. The Morgan fingerprint density at radius 1 is 0.710 bits per heavy atom. The van der Waals surface area contributed by atoms with E-state index in [0.29, 0.717) is 26.3 Å². The number of benzene rings is 2. The van der Waals surface area contributed by atoms with E-state index in [2.05, 4.69) is 116 Å². The molecule has 2 aromatic rings. The first-order chi connectivity index (χ1) is 14.5. The molecule has 0 fully saturated rings. The molecule has 0 saturated carbocycles. The van der Waals surface area contributed by atoms with Crippen LogP contribution in [0.25, 0.3) is 0 Å². The molecule has 0 spiro atoms. The normalized spacial score (nSPS) is 13.7. The number of rotatable bonds is 10. The highest BCUT2D eigenvalue weighted by Gasteiger charge is 2.27. The first-order valence-electron chi connectivity index (χ1n) is 10.2. The molecule has 8 heteroatoms. The summed E-state index contributed by atoms with van der Waals surface area (Å²) in [6, 6.07) is 8.45. The van der Waals surface area contributed by atoms with Crippen LogP contribution in [0.5, 0.6) is 11.5 Å². The third-order valence-electron chi connectivity index (χ3n) is 5.27. The van der Waals surface area contributed by atoms with E-state index in [4.69, 9.17) is 20.9 Å². The van der Waals surface area contributed by atoms with Gasteiger partial charge in [0.05, 0.1) is 31.1 Å². The maximum atomic E-state index is 5.99. The van der Waals surface area contributed by atoms with Gasteiger partial charge in [0.15, 0.2) is 0 Å². The van der Waals surface area contributed by atoms with Gasteiger partial charge in [-0.3, -0.25) is 0 Å². The summed E-state index contributed by atoms with van der Waals surface area (Å²) in [4.78, 5) is 0. The van der Waals surface area contributed by atoms with Crippen LogP contribution in [0.15, 0.2) is 42.2 Å². The van der Waals surface area contributed by atoms with Gasteiger partial charge in [-0.15, -0.1) is 0 Å². The van der Waals surface area contributed by atoms with Crippen molar-refractivity contribution in [2.75, 3.05) is 26.3 Å². The van der Waals surface area contributed by atoms with Gasteiger partial charge in [-0.05, 0) is 112 Å². The molecule has 31 heavy (non-hydrogen) atoms. The molecule has 0 aliphatic heterocycles. The zero-order chi connectivity index (χ0) is 23.3. The molecule has 0 amide bonds. The molecule has 4 N–H and O–H groups in total. The largest absolute Gasteiger partial charge is 0.491 e. The lowest BCUT2D eigenvalue weighted by atomic mass is 9.78. The highest BCUT2D eigenvalue weighted by Crippen LogP contribution is 2.44. The van der Waals surface area contributed by atoms with E-state index in [1.54, 1.807) is 0 Å². The van der Waals surface area contributed by atoms with Crippen molar-refractivity contribution in [2.24, 2.45) is 23.3 Å². The summed E-state index contributed by atoms with van der Waals surface area (Å²) in [6.07, 6.45) is 0. The van der Waals surface area contributed by atoms with Crippen molar-refractivity contribution < 1.29 is 9.47 Å². The monoisotopic (exact) mass is 682 g/mol. The van der Waals surface area contributed by atoms with Gasteiger partial charge in [0.1, 0.15) is 11.5 Å². The number of hydrogen-bond donors (Lipinski definition) is 2. The van der Waals surface area contributed by atoms with Gasteiger partial charge in [-0.2, -0.15) is 0 Å². The molecule has 2 unspecified atom stereocenters. The van der Waals surface area contributed by atoms with Gasteiger partial charge in [-0.1, -0.05) is 27.7 Å². The molecule has 4 nitrogen and oxygen atoms in total. The fourth-order valence-corrected chi connectivity index (χ4v) is 5.70. The Labute approximate surface area is 219 Å². The highest BCUT2D eigenvalue weighted by atomic mass is 79.9. The van der Waals surface area contributed by atoms with E-state index < -0.39 is 0 Å². The minimum Gasteiger partial charge on any atom is -0.491 e. The minimum atomic E-state index is -0.262. The van der Waals surface area contributed by atoms with Gasteiger partial charge in [0.2, 0.25) is 0 Å². The number of halogens is 4. The SMILES string of the molecule is CC(CN)COc1c(Br)cc(C(C)(C)c2cc(Br)c(OCC(C)CN)c(Br)c2)cc1Br. The first-order valence-corrected chi connectivity index (χ1v) is 13.3. The van der Waals surface area contributed by atoms with E-state index >= 15 is 0 Å². The minimum absolute atomic E-state index is 0.262. The quantitative estimate of drug-likeness (QED) is 0.283. The van der Waals surface area contributed by atoms with Crippen molar-refractivity contribution in [3.8, 4) is 11.5 Å². The second-order valence-corrected chi connectivity index (χ2v) is 11.9. The lowest BCUT2D eigenvalue weighted by molar-refractivity contribution is 0.260. The molecule has 0 radical (unpaired) electrons. The van der Waals surface area contributed by atoms with E-state index in [0.717, 1.165) is 40.5 Å². The van der Waals surface area contributed by atoms with Crippen molar-refractivity contribution in [3.05, 3.63) is 53.3 Å². The van der Waals surface area contributed by atoms with E-state index in [-0.39, 0.29) is 17.3 Å². The Morgan fingerprint density at radius 2 is 1.00 bits per heavy atom. The highest BCUT2D eigenvalue weighted by molar-refractivity contribution is 9.11. The standard InChI is InChI=1S/C23H30Br4N2O2/c1-13(9-28)11-30-21-17(24)5-15(6-18(21)25)23(3,4)16-7-19(26)22(20(27)8-16)31-12-14(2)10-29/h5-8,13-14H,9-12,28-29H2,1-4H3. The average Bonchev–Trinajstić information content (AvgIpc) is 2.71. The van der Waals surface area contributed by atoms with Crippen LogP contribution >= 0.6 is 63.7 Å². The Morgan fingerprint density at radius 3 is 1.26 bits per heavy atom. The first kappa shape index (κ1) is 27.1. The summed E-state index contributed by atoms with van der Waals surface area (Å²) in [5.41, 5.74) is 13.4. The number of ether oxygens (including phenoxy) is 2. The molecule has 0 aliphatic carbocycles. The van der Waals surface area contributed by atoms with Crippen LogP contribution in [-0.2, 0) is 5.41 Å². The lowest BCUT2D eigenvalue weighted by Gasteiger charge is -2.28. The third-order valence-corrected chi connectivity index (χ3v) is 7.63.